The Labute approximate surface area is 115 Å². The van der Waals surface area contributed by atoms with Crippen molar-refractivity contribution in [3.05, 3.63) is 35.6 Å². The van der Waals surface area contributed by atoms with Crippen LogP contribution in [-0.4, -0.2) is 24.0 Å². The van der Waals surface area contributed by atoms with Crippen LogP contribution in [0.4, 0.5) is 4.39 Å². The summed E-state index contributed by atoms with van der Waals surface area (Å²) < 4.78 is 13.0. The smallest absolute Gasteiger partial charge is 0.123 e. The average Bonchev–Trinajstić information content (AvgIpc) is 2.46. The molecule has 1 aliphatic rings. The average molecular weight is 264 g/mol. The van der Waals surface area contributed by atoms with Crippen LogP contribution in [0.1, 0.15) is 44.7 Å². The van der Waals surface area contributed by atoms with Crippen molar-refractivity contribution in [3.8, 4) is 0 Å². The molecule has 0 radical (unpaired) electrons. The van der Waals surface area contributed by atoms with Crippen molar-refractivity contribution in [1.29, 1.82) is 0 Å². The van der Waals surface area contributed by atoms with Gasteiger partial charge in [0.25, 0.3) is 0 Å². The van der Waals surface area contributed by atoms with Crippen LogP contribution in [0, 0.1) is 11.7 Å². The number of hydrogen-bond donors (Lipinski definition) is 1. The molecule has 19 heavy (non-hydrogen) atoms. The first-order chi connectivity index (χ1) is 9.11. The largest absolute Gasteiger partial charge is 0.323 e. The molecule has 0 aliphatic carbocycles. The maximum atomic E-state index is 13.0. The molecule has 3 heteroatoms. The zero-order chi connectivity index (χ0) is 13.8. The summed E-state index contributed by atoms with van der Waals surface area (Å²) in [5.74, 6) is 0.601. The normalized spacial score (nSPS) is 24.1. The van der Waals surface area contributed by atoms with E-state index in [4.69, 9.17) is 5.73 Å². The molecule has 1 fully saturated rings. The van der Waals surface area contributed by atoms with Gasteiger partial charge >= 0.3 is 0 Å². The molecule has 2 N–H and O–H groups in total. The van der Waals surface area contributed by atoms with Gasteiger partial charge in [0.05, 0.1) is 0 Å². The van der Waals surface area contributed by atoms with Gasteiger partial charge in [0, 0.05) is 18.6 Å². The zero-order valence-corrected chi connectivity index (χ0v) is 12.0. The summed E-state index contributed by atoms with van der Waals surface area (Å²) >= 11 is 0. The predicted octanol–water partition coefficient (Wildman–Crippen LogP) is 3.34. The van der Waals surface area contributed by atoms with Gasteiger partial charge in [-0.25, -0.2) is 4.39 Å². The lowest BCUT2D eigenvalue weighted by atomic mass is 9.92. The maximum Gasteiger partial charge on any atom is 0.123 e. The fourth-order valence-electron chi connectivity index (χ4n) is 2.99. The number of nitrogens with zero attached hydrogens (tertiary/aromatic N) is 1. The van der Waals surface area contributed by atoms with E-state index >= 15 is 0 Å². The lowest BCUT2D eigenvalue weighted by Crippen LogP contribution is -2.46. The highest BCUT2D eigenvalue weighted by Crippen LogP contribution is 2.25. The lowest BCUT2D eigenvalue weighted by molar-refractivity contribution is 0.114. The van der Waals surface area contributed by atoms with Crippen molar-refractivity contribution < 1.29 is 4.39 Å². The highest BCUT2D eigenvalue weighted by atomic mass is 19.1. The van der Waals surface area contributed by atoms with E-state index in [0.717, 1.165) is 24.6 Å². The predicted molar refractivity (Wildman–Crippen MR) is 77.4 cm³/mol. The summed E-state index contributed by atoms with van der Waals surface area (Å²) in [5, 5.41) is 0. The number of piperidine rings is 1. The summed E-state index contributed by atoms with van der Waals surface area (Å²) in [5.41, 5.74) is 7.36. The van der Waals surface area contributed by atoms with Crippen LogP contribution in [-0.2, 0) is 0 Å². The third kappa shape index (κ3) is 3.54. The van der Waals surface area contributed by atoms with Crippen molar-refractivity contribution in [3.63, 3.8) is 0 Å². The number of rotatable bonds is 4. The fraction of sp³-hybridized carbons (Fsp3) is 0.625. The molecule has 1 aliphatic heterocycles. The Bertz CT molecular complexity index is 390. The van der Waals surface area contributed by atoms with Crippen molar-refractivity contribution in [1.82, 2.24) is 4.90 Å². The van der Waals surface area contributed by atoms with Gasteiger partial charge in [-0.2, -0.15) is 0 Å². The third-order valence-corrected chi connectivity index (χ3v) is 4.48. The molecule has 0 amide bonds. The van der Waals surface area contributed by atoms with Crippen molar-refractivity contribution in [2.45, 2.75) is 45.2 Å². The Hall–Kier alpha value is -0.930. The first-order valence-corrected chi connectivity index (χ1v) is 7.37. The second-order valence-electron chi connectivity index (χ2n) is 5.73. The molecule has 2 rings (SSSR count). The molecule has 0 aromatic heterocycles. The Kier molecular flexibility index (Phi) is 4.94. The Morgan fingerprint density at radius 1 is 1.37 bits per heavy atom. The van der Waals surface area contributed by atoms with Crippen LogP contribution in [0.3, 0.4) is 0 Å². The SMILES string of the molecule is CCC1CCCN(C(C)C(N)c2ccc(F)cc2)C1. The molecule has 106 valence electrons. The van der Waals surface area contributed by atoms with Gasteiger partial charge in [0.1, 0.15) is 5.82 Å². The van der Waals surface area contributed by atoms with E-state index in [2.05, 4.69) is 18.7 Å². The molecular formula is C16H25FN2. The van der Waals surface area contributed by atoms with Gasteiger partial charge < -0.3 is 5.73 Å². The Morgan fingerprint density at radius 2 is 2.05 bits per heavy atom. The van der Waals surface area contributed by atoms with E-state index in [0.29, 0.717) is 6.04 Å². The molecule has 3 atom stereocenters. The highest BCUT2D eigenvalue weighted by Gasteiger charge is 2.26. The molecule has 2 nitrogen and oxygen atoms in total. The number of benzene rings is 1. The molecular weight excluding hydrogens is 239 g/mol. The second kappa shape index (κ2) is 6.49. The molecule has 1 saturated heterocycles. The van der Waals surface area contributed by atoms with Gasteiger partial charge in [0.15, 0.2) is 0 Å². The topological polar surface area (TPSA) is 29.3 Å². The number of nitrogens with two attached hydrogens (primary N) is 1. The van der Waals surface area contributed by atoms with Gasteiger partial charge in [0.2, 0.25) is 0 Å². The maximum absolute atomic E-state index is 13.0. The van der Waals surface area contributed by atoms with Gasteiger partial charge in [-0.3, -0.25) is 4.90 Å². The van der Waals surface area contributed by atoms with E-state index in [1.54, 1.807) is 12.1 Å². The molecule has 3 unspecified atom stereocenters. The van der Waals surface area contributed by atoms with Gasteiger partial charge in [-0.15, -0.1) is 0 Å². The third-order valence-electron chi connectivity index (χ3n) is 4.48. The fourth-order valence-corrected chi connectivity index (χ4v) is 2.99. The van der Waals surface area contributed by atoms with E-state index < -0.39 is 0 Å². The van der Waals surface area contributed by atoms with Crippen LogP contribution in [0.25, 0.3) is 0 Å². The van der Waals surface area contributed by atoms with Crippen LogP contribution in [0.5, 0.6) is 0 Å². The van der Waals surface area contributed by atoms with E-state index in [1.807, 2.05) is 0 Å². The highest BCUT2D eigenvalue weighted by molar-refractivity contribution is 5.21. The quantitative estimate of drug-likeness (QED) is 0.903. The number of halogens is 1. The van der Waals surface area contributed by atoms with Crippen molar-refractivity contribution >= 4 is 0 Å². The van der Waals surface area contributed by atoms with Gasteiger partial charge in [-0.1, -0.05) is 25.5 Å². The standard InChI is InChI=1S/C16H25FN2/c1-3-13-5-4-10-19(11-13)12(2)16(18)14-6-8-15(17)9-7-14/h6-9,12-13,16H,3-5,10-11,18H2,1-2H3. The van der Waals surface area contributed by atoms with Gasteiger partial charge in [-0.05, 0) is 49.9 Å². The second-order valence-corrected chi connectivity index (χ2v) is 5.73. The van der Waals surface area contributed by atoms with Crippen LogP contribution in [0.2, 0.25) is 0 Å². The Morgan fingerprint density at radius 3 is 2.68 bits per heavy atom. The summed E-state index contributed by atoms with van der Waals surface area (Å²) in [6.45, 7) is 6.73. The Balaban J connectivity index is 2.01. The summed E-state index contributed by atoms with van der Waals surface area (Å²) in [6.07, 6.45) is 3.85. The van der Waals surface area contributed by atoms with Crippen molar-refractivity contribution in [2.75, 3.05) is 13.1 Å². The number of likely N-dealkylation sites (tertiary alicyclic amines) is 1. The van der Waals surface area contributed by atoms with Crippen LogP contribution >= 0.6 is 0 Å². The number of hydrogen-bond acceptors (Lipinski definition) is 2. The molecule has 0 spiro atoms. The monoisotopic (exact) mass is 264 g/mol. The first kappa shape index (κ1) is 14.5. The minimum atomic E-state index is -0.201. The minimum absolute atomic E-state index is 0.0452. The van der Waals surface area contributed by atoms with E-state index in [1.165, 1.54) is 31.4 Å². The molecule has 0 bridgehead atoms. The minimum Gasteiger partial charge on any atom is -0.323 e. The van der Waals surface area contributed by atoms with E-state index in [-0.39, 0.29) is 11.9 Å². The van der Waals surface area contributed by atoms with Crippen LogP contribution in [0.15, 0.2) is 24.3 Å². The zero-order valence-electron chi connectivity index (χ0n) is 12.0. The summed E-state index contributed by atoms with van der Waals surface area (Å²) in [6, 6.07) is 6.85. The van der Waals surface area contributed by atoms with Crippen molar-refractivity contribution in [2.24, 2.45) is 11.7 Å². The molecule has 0 saturated carbocycles. The van der Waals surface area contributed by atoms with Crippen LogP contribution < -0.4 is 5.73 Å². The molecule has 1 aromatic rings. The molecule has 1 aromatic carbocycles. The summed E-state index contributed by atoms with van der Waals surface area (Å²) in [7, 11) is 0. The molecule has 1 heterocycles. The first-order valence-electron chi connectivity index (χ1n) is 7.37. The lowest BCUT2D eigenvalue weighted by Gasteiger charge is -2.39. The summed E-state index contributed by atoms with van der Waals surface area (Å²) in [4.78, 5) is 2.49. The van der Waals surface area contributed by atoms with E-state index in [9.17, 15) is 4.39 Å².